The third-order valence-corrected chi connectivity index (χ3v) is 4.73. The minimum atomic E-state index is -0.402. The molecule has 0 aliphatic rings. The highest BCUT2D eigenvalue weighted by atomic mass is 16.6. The van der Waals surface area contributed by atoms with Gasteiger partial charge in [-0.2, -0.15) is 0 Å². The monoisotopic (exact) mass is 411 g/mol. The van der Waals surface area contributed by atoms with Crippen LogP contribution in [0.4, 0.5) is 0 Å². The third kappa shape index (κ3) is 18.4. The Morgan fingerprint density at radius 2 is 1.48 bits per heavy atom. The molecule has 0 aromatic rings. The summed E-state index contributed by atoms with van der Waals surface area (Å²) in [6.45, 7) is 6.59. The highest BCUT2D eigenvalue weighted by molar-refractivity contribution is 5.72. The zero-order chi connectivity index (χ0) is 21.9. The van der Waals surface area contributed by atoms with Gasteiger partial charge in [-0.3, -0.25) is 9.59 Å². The molecule has 0 fully saturated rings. The van der Waals surface area contributed by atoms with Gasteiger partial charge >= 0.3 is 11.9 Å². The average molecular weight is 412 g/mol. The summed E-state index contributed by atoms with van der Waals surface area (Å²) >= 11 is 0. The van der Waals surface area contributed by atoms with Crippen molar-refractivity contribution in [2.45, 2.75) is 97.5 Å². The summed E-state index contributed by atoms with van der Waals surface area (Å²) in [4.78, 5) is 25.7. The molecule has 5 heteroatoms. The number of esters is 2. The molecule has 0 N–H and O–H groups in total. The average Bonchev–Trinajstić information content (AvgIpc) is 2.66. The Hall–Kier alpha value is -1.36. The molecular weight excluding hydrogens is 366 g/mol. The zero-order valence-corrected chi connectivity index (χ0v) is 19.6. The van der Waals surface area contributed by atoms with E-state index in [1.807, 2.05) is 25.9 Å². The number of ether oxygens (including phenoxy) is 2. The van der Waals surface area contributed by atoms with Gasteiger partial charge in [0.25, 0.3) is 0 Å². The van der Waals surface area contributed by atoms with Crippen LogP contribution >= 0.6 is 0 Å². The summed E-state index contributed by atoms with van der Waals surface area (Å²) in [7, 11) is 3.83. The second kappa shape index (κ2) is 18.7. The van der Waals surface area contributed by atoms with Crippen LogP contribution in [0.1, 0.15) is 91.4 Å². The number of nitrogens with zero attached hydrogens (tertiary/aromatic N) is 1. The molecule has 170 valence electrons. The van der Waals surface area contributed by atoms with Crippen LogP contribution in [0.3, 0.4) is 0 Å². The highest BCUT2D eigenvalue weighted by Crippen LogP contribution is 2.09. The maximum Gasteiger partial charge on any atom is 0.310 e. The first-order chi connectivity index (χ1) is 13.9. The van der Waals surface area contributed by atoms with E-state index in [9.17, 15) is 9.59 Å². The van der Waals surface area contributed by atoms with E-state index in [0.717, 1.165) is 25.7 Å². The molecular formula is C24H45NO4. The van der Waals surface area contributed by atoms with Crippen molar-refractivity contribution in [1.29, 1.82) is 0 Å². The van der Waals surface area contributed by atoms with E-state index in [4.69, 9.17) is 9.47 Å². The lowest BCUT2D eigenvalue weighted by Gasteiger charge is -2.18. The van der Waals surface area contributed by atoms with Crippen LogP contribution in [0.15, 0.2) is 12.2 Å². The molecule has 0 spiro atoms. The van der Waals surface area contributed by atoms with Crippen LogP contribution < -0.4 is 0 Å². The van der Waals surface area contributed by atoms with Gasteiger partial charge in [-0.15, -0.1) is 0 Å². The number of unbranched alkanes of at least 4 members (excludes halogenated alkanes) is 8. The maximum atomic E-state index is 11.9. The molecule has 0 aliphatic heterocycles. The summed E-state index contributed by atoms with van der Waals surface area (Å²) in [5, 5.41) is 0. The third-order valence-electron chi connectivity index (χ3n) is 4.73. The second-order valence-corrected chi connectivity index (χ2v) is 8.37. The van der Waals surface area contributed by atoms with Crippen molar-refractivity contribution in [3.05, 3.63) is 12.2 Å². The molecule has 0 aromatic heterocycles. The lowest BCUT2D eigenvalue weighted by molar-refractivity contribution is -0.160. The number of carbonyl (C=O) groups is 2. The Morgan fingerprint density at radius 3 is 2.07 bits per heavy atom. The first kappa shape index (κ1) is 27.6. The van der Waals surface area contributed by atoms with E-state index in [1.54, 1.807) is 6.92 Å². The largest absolute Gasteiger partial charge is 0.462 e. The molecule has 0 amide bonds. The molecule has 0 aliphatic carbocycles. The number of hydrogen-bond donors (Lipinski definition) is 0. The summed E-state index contributed by atoms with van der Waals surface area (Å²) in [6.07, 6.45) is 16.5. The fourth-order valence-corrected chi connectivity index (χ4v) is 3.09. The van der Waals surface area contributed by atoms with Gasteiger partial charge < -0.3 is 14.4 Å². The zero-order valence-electron chi connectivity index (χ0n) is 19.6. The van der Waals surface area contributed by atoms with E-state index >= 15 is 0 Å². The summed E-state index contributed by atoms with van der Waals surface area (Å²) in [5.41, 5.74) is 0. The molecule has 0 heterocycles. The van der Waals surface area contributed by atoms with Crippen molar-refractivity contribution in [1.82, 2.24) is 4.90 Å². The van der Waals surface area contributed by atoms with Gasteiger partial charge in [0.05, 0.1) is 5.92 Å². The fraction of sp³-hybridized carbons (Fsp3) is 0.833. The van der Waals surface area contributed by atoms with Crippen molar-refractivity contribution < 1.29 is 19.1 Å². The predicted molar refractivity (Wildman–Crippen MR) is 120 cm³/mol. The van der Waals surface area contributed by atoms with E-state index in [1.165, 1.54) is 38.5 Å². The van der Waals surface area contributed by atoms with Crippen molar-refractivity contribution >= 4 is 11.9 Å². The van der Waals surface area contributed by atoms with Gasteiger partial charge in [-0.1, -0.05) is 58.1 Å². The van der Waals surface area contributed by atoms with Gasteiger partial charge in [0.15, 0.2) is 0 Å². The summed E-state index contributed by atoms with van der Waals surface area (Å²) in [5.74, 6) is -0.651. The van der Waals surface area contributed by atoms with Crippen LogP contribution in [0.2, 0.25) is 0 Å². The molecule has 0 aromatic carbocycles. The van der Waals surface area contributed by atoms with Crippen molar-refractivity contribution in [3.63, 3.8) is 0 Å². The smallest absolute Gasteiger partial charge is 0.310 e. The van der Waals surface area contributed by atoms with Gasteiger partial charge in [-0.05, 0) is 53.1 Å². The van der Waals surface area contributed by atoms with E-state index in [0.29, 0.717) is 13.0 Å². The predicted octanol–water partition coefficient (Wildman–Crippen LogP) is 5.53. The lowest BCUT2D eigenvalue weighted by Crippen LogP contribution is -2.29. The Labute approximate surface area is 179 Å². The van der Waals surface area contributed by atoms with Crippen molar-refractivity contribution in [3.8, 4) is 0 Å². The molecule has 2 unspecified atom stereocenters. The maximum absolute atomic E-state index is 11.9. The van der Waals surface area contributed by atoms with Crippen LogP contribution in [0.25, 0.3) is 0 Å². The van der Waals surface area contributed by atoms with Crippen LogP contribution in [-0.2, 0) is 19.1 Å². The van der Waals surface area contributed by atoms with E-state index < -0.39 is 6.10 Å². The van der Waals surface area contributed by atoms with Crippen LogP contribution in [0.5, 0.6) is 0 Å². The number of rotatable bonds is 18. The van der Waals surface area contributed by atoms with Crippen molar-refractivity contribution in [2.75, 3.05) is 27.2 Å². The normalized spacial score (nSPS) is 13.6. The first-order valence-electron chi connectivity index (χ1n) is 11.5. The highest BCUT2D eigenvalue weighted by Gasteiger charge is 2.17. The van der Waals surface area contributed by atoms with Gasteiger partial charge in [-0.25, -0.2) is 0 Å². The Kier molecular flexibility index (Phi) is 17.8. The molecule has 29 heavy (non-hydrogen) atoms. The molecule has 2 atom stereocenters. The number of carbonyl (C=O) groups excluding carboxylic acids is 2. The van der Waals surface area contributed by atoms with Crippen molar-refractivity contribution in [2.24, 2.45) is 5.92 Å². The minimum Gasteiger partial charge on any atom is -0.462 e. The van der Waals surface area contributed by atoms with Gasteiger partial charge in [0.2, 0.25) is 0 Å². The molecule has 5 nitrogen and oxygen atoms in total. The molecule has 0 saturated carbocycles. The summed E-state index contributed by atoms with van der Waals surface area (Å²) in [6, 6.07) is 0. The quantitative estimate of drug-likeness (QED) is 0.169. The Morgan fingerprint density at radius 1 is 0.897 bits per heavy atom. The topological polar surface area (TPSA) is 55.8 Å². The Balaban J connectivity index is 3.61. The SMILES string of the molecule is CCCCCC/C=C/CCCCCCC(=O)OC(C)COC(=O)C(C)CN(C)C. The summed E-state index contributed by atoms with van der Waals surface area (Å²) < 4.78 is 10.6. The fourth-order valence-electron chi connectivity index (χ4n) is 3.09. The van der Waals surface area contributed by atoms with Crippen LogP contribution in [-0.4, -0.2) is 50.2 Å². The van der Waals surface area contributed by atoms with Gasteiger partial charge in [0.1, 0.15) is 12.7 Å². The van der Waals surface area contributed by atoms with Crippen LogP contribution in [0, 0.1) is 5.92 Å². The van der Waals surface area contributed by atoms with E-state index in [-0.39, 0.29) is 24.5 Å². The number of allylic oxidation sites excluding steroid dienone is 2. The molecule has 0 saturated heterocycles. The van der Waals surface area contributed by atoms with E-state index in [2.05, 4.69) is 19.1 Å². The molecule has 0 bridgehead atoms. The molecule has 0 radical (unpaired) electrons. The number of hydrogen-bond acceptors (Lipinski definition) is 5. The standard InChI is InChI=1S/C24H45NO4/c1-6-7-8-9-10-11-12-13-14-15-16-17-18-23(26)29-22(3)20-28-24(27)21(2)19-25(4)5/h11-12,21-22H,6-10,13-20H2,1-5H3/b12-11+. The second-order valence-electron chi connectivity index (χ2n) is 8.37. The Bertz CT molecular complexity index is 448. The lowest BCUT2D eigenvalue weighted by atomic mass is 10.1. The first-order valence-corrected chi connectivity index (χ1v) is 11.5. The minimum absolute atomic E-state index is 0.118. The molecule has 0 rings (SSSR count). The van der Waals surface area contributed by atoms with Gasteiger partial charge in [0, 0.05) is 13.0 Å².